The Bertz CT molecular complexity index is 633. The lowest BCUT2D eigenvalue weighted by molar-refractivity contribution is -0.156. The third kappa shape index (κ3) is 2.94. The van der Waals surface area contributed by atoms with Gasteiger partial charge in [0.15, 0.2) is 0 Å². The van der Waals surface area contributed by atoms with E-state index in [1.807, 2.05) is 13.8 Å². The fourth-order valence-electron chi connectivity index (χ4n) is 2.59. The predicted molar refractivity (Wildman–Crippen MR) is 84.4 cm³/mol. The summed E-state index contributed by atoms with van der Waals surface area (Å²) in [5.41, 5.74) is -0.686. The third-order valence-electron chi connectivity index (χ3n) is 3.59. The molecule has 1 aromatic heterocycles. The number of ether oxygens (including phenoxy) is 2. The summed E-state index contributed by atoms with van der Waals surface area (Å²) in [5.74, 6) is -1.60. The normalized spacial score (nSPS) is 22.7. The van der Waals surface area contributed by atoms with Crippen LogP contribution in [0.2, 0.25) is 0 Å². The van der Waals surface area contributed by atoms with Crippen molar-refractivity contribution in [3.8, 4) is 0 Å². The molecule has 1 aliphatic rings. The molecule has 0 fully saturated rings. The van der Waals surface area contributed by atoms with Crippen LogP contribution in [0.5, 0.6) is 0 Å². The number of thiazole rings is 1. The first kappa shape index (κ1) is 17.1. The molecule has 0 saturated heterocycles. The fourth-order valence-corrected chi connectivity index (χ4v) is 5.33. The minimum atomic E-state index is -0.730. The molecule has 0 bridgehead atoms. The van der Waals surface area contributed by atoms with E-state index in [9.17, 15) is 14.4 Å². The van der Waals surface area contributed by atoms with Crippen molar-refractivity contribution in [3.63, 3.8) is 0 Å². The molecule has 0 radical (unpaired) electrons. The first-order chi connectivity index (χ1) is 10.3. The molecule has 6 nitrogen and oxygen atoms in total. The van der Waals surface area contributed by atoms with E-state index in [1.165, 1.54) is 11.8 Å². The van der Waals surface area contributed by atoms with E-state index in [2.05, 4.69) is 4.98 Å². The number of aromatic amines is 1. The van der Waals surface area contributed by atoms with Gasteiger partial charge in [0.2, 0.25) is 0 Å². The Morgan fingerprint density at radius 2 is 1.77 bits per heavy atom. The Balaban J connectivity index is 2.50. The molecular formula is C14H19NO5S2. The molecular weight excluding hydrogens is 326 g/mol. The molecule has 2 heterocycles. The van der Waals surface area contributed by atoms with Gasteiger partial charge in [-0.05, 0) is 13.8 Å². The first-order valence-electron chi connectivity index (χ1n) is 7.06. The Morgan fingerprint density at radius 3 is 2.36 bits per heavy atom. The van der Waals surface area contributed by atoms with Crippen molar-refractivity contribution in [1.29, 1.82) is 0 Å². The van der Waals surface area contributed by atoms with Gasteiger partial charge in [-0.15, -0.1) is 0 Å². The van der Waals surface area contributed by atoms with Crippen LogP contribution in [0.15, 0.2) is 9.82 Å². The van der Waals surface area contributed by atoms with E-state index in [4.69, 9.17) is 9.47 Å². The van der Waals surface area contributed by atoms with Gasteiger partial charge >= 0.3 is 16.8 Å². The number of hydrogen-bond donors (Lipinski definition) is 1. The minimum Gasteiger partial charge on any atom is -0.466 e. The molecule has 0 unspecified atom stereocenters. The van der Waals surface area contributed by atoms with E-state index in [1.54, 1.807) is 13.8 Å². The Hall–Kier alpha value is -1.28. The van der Waals surface area contributed by atoms with Crippen LogP contribution < -0.4 is 4.87 Å². The van der Waals surface area contributed by atoms with Crippen molar-refractivity contribution in [2.24, 2.45) is 5.92 Å². The van der Waals surface area contributed by atoms with Gasteiger partial charge in [-0.1, -0.05) is 36.9 Å². The molecule has 2 rings (SSSR count). The number of thioether (sulfide) groups is 1. The standard InChI is InChI=1S/C14H19NO5S2/c1-5-19-11(16)7-8(12(17)20-6-2)21-10-9(14(7,3)4)22-13(18)15-10/h7-8H,5-6H2,1-4H3,(H,15,18)/t7-,8+/m0/s1. The maximum absolute atomic E-state index is 12.4. The van der Waals surface area contributed by atoms with Crippen molar-refractivity contribution in [1.82, 2.24) is 4.98 Å². The number of aromatic nitrogens is 1. The van der Waals surface area contributed by atoms with Gasteiger partial charge in [0, 0.05) is 10.3 Å². The van der Waals surface area contributed by atoms with Gasteiger partial charge in [-0.3, -0.25) is 14.4 Å². The lowest BCUT2D eigenvalue weighted by Gasteiger charge is -2.39. The summed E-state index contributed by atoms with van der Waals surface area (Å²) in [6.45, 7) is 7.61. The number of nitrogens with one attached hydrogen (secondary N) is 1. The van der Waals surface area contributed by atoms with Crippen LogP contribution >= 0.6 is 23.1 Å². The van der Waals surface area contributed by atoms with Gasteiger partial charge < -0.3 is 14.5 Å². The topological polar surface area (TPSA) is 85.5 Å². The Morgan fingerprint density at radius 1 is 1.18 bits per heavy atom. The number of rotatable bonds is 4. The average molecular weight is 345 g/mol. The number of fused-ring (bicyclic) bond motifs is 1. The van der Waals surface area contributed by atoms with E-state index in [0.29, 0.717) is 5.03 Å². The minimum absolute atomic E-state index is 0.197. The summed E-state index contributed by atoms with van der Waals surface area (Å²) in [7, 11) is 0. The molecule has 8 heteroatoms. The number of esters is 2. The maximum Gasteiger partial charge on any atom is 0.320 e. The molecule has 0 spiro atoms. The summed E-state index contributed by atoms with van der Waals surface area (Å²) in [6, 6.07) is 0. The van der Waals surface area contributed by atoms with E-state index in [-0.39, 0.29) is 18.1 Å². The molecule has 0 aromatic carbocycles. The summed E-state index contributed by atoms with van der Waals surface area (Å²) >= 11 is 2.24. The highest BCUT2D eigenvalue weighted by Gasteiger charge is 2.52. The van der Waals surface area contributed by atoms with Gasteiger partial charge in [-0.2, -0.15) is 0 Å². The highest BCUT2D eigenvalue weighted by atomic mass is 32.2. The van der Waals surface area contributed by atoms with Crippen molar-refractivity contribution >= 4 is 35.0 Å². The Labute approximate surface area is 136 Å². The lowest BCUT2D eigenvalue weighted by atomic mass is 9.75. The summed E-state index contributed by atoms with van der Waals surface area (Å²) in [4.78, 5) is 39.7. The fraction of sp³-hybridized carbons (Fsp3) is 0.643. The second-order valence-electron chi connectivity index (χ2n) is 5.41. The van der Waals surface area contributed by atoms with E-state index < -0.39 is 28.5 Å². The first-order valence-corrected chi connectivity index (χ1v) is 8.76. The van der Waals surface area contributed by atoms with Crippen molar-refractivity contribution in [2.45, 2.75) is 43.4 Å². The summed E-state index contributed by atoms with van der Waals surface area (Å²) in [6.07, 6.45) is 0. The monoisotopic (exact) mass is 345 g/mol. The van der Waals surface area contributed by atoms with E-state index >= 15 is 0 Å². The van der Waals surface area contributed by atoms with Crippen LogP contribution in [-0.2, 0) is 24.5 Å². The highest BCUT2D eigenvalue weighted by Crippen LogP contribution is 2.50. The van der Waals surface area contributed by atoms with Gasteiger partial charge in [0.25, 0.3) is 0 Å². The molecule has 1 aliphatic heterocycles. The maximum atomic E-state index is 12.4. The molecule has 0 aliphatic carbocycles. The summed E-state index contributed by atoms with van der Waals surface area (Å²) < 4.78 is 10.3. The Kier molecular flexibility index (Phi) is 5.01. The van der Waals surface area contributed by atoms with Gasteiger partial charge in [-0.25, -0.2) is 0 Å². The van der Waals surface area contributed by atoms with Crippen LogP contribution in [0, 0.1) is 5.92 Å². The molecule has 2 atom stereocenters. The van der Waals surface area contributed by atoms with Crippen LogP contribution in [0.4, 0.5) is 0 Å². The zero-order valence-electron chi connectivity index (χ0n) is 12.9. The molecule has 0 saturated carbocycles. The lowest BCUT2D eigenvalue weighted by Crippen LogP contribution is -2.48. The molecule has 22 heavy (non-hydrogen) atoms. The van der Waals surface area contributed by atoms with Crippen molar-refractivity contribution < 1.29 is 19.1 Å². The zero-order chi connectivity index (χ0) is 16.5. The highest BCUT2D eigenvalue weighted by molar-refractivity contribution is 8.00. The predicted octanol–water partition coefficient (Wildman–Crippen LogP) is 1.93. The van der Waals surface area contributed by atoms with Gasteiger partial charge in [0.05, 0.1) is 24.2 Å². The largest absolute Gasteiger partial charge is 0.466 e. The van der Waals surface area contributed by atoms with Crippen LogP contribution in [0.1, 0.15) is 32.6 Å². The molecule has 1 aromatic rings. The smallest absolute Gasteiger partial charge is 0.320 e. The SMILES string of the molecule is CCOC(=O)[C@@H]1[C@H](C(=O)OCC)Sc2[nH]c(=O)sc2C1(C)C. The molecule has 0 amide bonds. The van der Waals surface area contributed by atoms with Crippen LogP contribution in [0.3, 0.4) is 0 Å². The number of hydrogen-bond acceptors (Lipinski definition) is 7. The quantitative estimate of drug-likeness (QED) is 0.839. The van der Waals surface area contributed by atoms with Gasteiger partial charge in [0.1, 0.15) is 5.25 Å². The molecule has 122 valence electrons. The number of carbonyl (C=O) groups is 2. The van der Waals surface area contributed by atoms with E-state index in [0.717, 1.165) is 16.2 Å². The van der Waals surface area contributed by atoms with Crippen LogP contribution in [-0.4, -0.2) is 35.4 Å². The third-order valence-corrected chi connectivity index (χ3v) is 6.20. The number of carbonyl (C=O) groups excluding carboxylic acids is 2. The second kappa shape index (κ2) is 6.45. The number of H-pyrrole nitrogens is 1. The van der Waals surface area contributed by atoms with Crippen molar-refractivity contribution in [2.75, 3.05) is 13.2 Å². The zero-order valence-corrected chi connectivity index (χ0v) is 14.6. The average Bonchev–Trinajstić information content (AvgIpc) is 2.80. The molecule has 1 N–H and O–H groups in total. The summed E-state index contributed by atoms with van der Waals surface area (Å²) in [5, 5.41) is -0.0923. The van der Waals surface area contributed by atoms with Crippen LogP contribution in [0.25, 0.3) is 0 Å². The van der Waals surface area contributed by atoms with Crippen molar-refractivity contribution in [3.05, 3.63) is 14.5 Å². The second-order valence-corrected chi connectivity index (χ2v) is 7.55.